The number of amides is 2. The fraction of sp³-hybridized carbons (Fsp3) is 0.438. The summed E-state index contributed by atoms with van der Waals surface area (Å²) in [6.07, 6.45) is 0.424. The van der Waals surface area contributed by atoms with E-state index in [2.05, 4.69) is 0 Å². The van der Waals surface area contributed by atoms with Crippen LogP contribution in [-0.2, 0) is 25.7 Å². The minimum absolute atomic E-state index is 0.154. The lowest BCUT2D eigenvalue weighted by atomic mass is 9.63. The molecule has 5 heteroatoms. The molecule has 1 aliphatic heterocycles. The van der Waals surface area contributed by atoms with Gasteiger partial charge in [-0.2, -0.15) is 0 Å². The van der Waals surface area contributed by atoms with Gasteiger partial charge in [0.15, 0.2) is 0 Å². The number of esters is 1. The van der Waals surface area contributed by atoms with Crippen molar-refractivity contribution in [2.24, 2.45) is 11.8 Å². The van der Waals surface area contributed by atoms with Gasteiger partial charge < -0.3 is 4.74 Å². The fourth-order valence-electron chi connectivity index (χ4n) is 3.44. The highest BCUT2D eigenvalue weighted by molar-refractivity contribution is 6.07. The number of fused-ring (bicyclic) bond motifs is 1. The van der Waals surface area contributed by atoms with Gasteiger partial charge in [0.25, 0.3) is 0 Å². The first-order valence-electron chi connectivity index (χ1n) is 7.01. The topological polar surface area (TPSA) is 63.7 Å². The van der Waals surface area contributed by atoms with E-state index < -0.39 is 17.5 Å². The molecule has 1 saturated carbocycles. The Labute approximate surface area is 122 Å². The van der Waals surface area contributed by atoms with Crippen molar-refractivity contribution in [3.63, 3.8) is 0 Å². The highest BCUT2D eigenvalue weighted by Gasteiger charge is 2.66. The summed E-state index contributed by atoms with van der Waals surface area (Å²) in [6, 6.07) is 9.40. The Morgan fingerprint density at radius 1 is 1.29 bits per heavy atom. The lowest BCUT2D eigenvalue weighted by Gasteiger charge is -2.45. The van der Waals surface area contributed by atoms with Crippen LogP contribution in [0.5, 0.6) is 0 Å². The van der Waals surface area contributed by atoms with E-state index in [0.29, 0.717) is 6.42 Å². The van der Waals surface area contributed by atoms with Gasteiger partial charge in [-0.05, 0) is 12.5 Å². The maximum absolute atomic E-state index is 12.5. The molecule has 1 heterocycles. The normalized spacial score (nSPS) is 30.9. The number of rotatable bonds is 3. The first-order valence-corrected chi connectivity index (χ1v) is 7.01. The summed E-state index contributed by atoms with van der Waals surface area (Å²) >= 11 is 0. The summed E-state index contributed by atoms with van der Waals surface area (Å²) in [5.41, 5.74) is 0.0731. The lowest BCUT2D eigenvalue weighted by molar-refractivity contribution is -0.186. The van der Waals surface area contributed by atoms with Gasteiger partial charge in [-0.15, -0.1) is 0 Å². The van der Waals surface area contributed by atoms with Crippen LogP contribution in [0.1, 0.15) is 25.8 Å². The zero-order valence-electron chi connectivity index (χ0n) is 12.0. The van der Waals surface area contributed by atoms with Crippen LogP contribution < -0.4 is 0 Å². The Morgan fingerprint density at radius 3 is 2.57 bits per heavy atom. The number of hydrogen-bond donors (Lipinski definition) is 0. The highest BCUT2D eigenvalue weighted by atomic mass is 16.6. The number of imide groups is 1. The molecule has 1 aromatic rings. The molecule has 0 N–H and O–H groups in total. The van der Waals surface area contributed by atoms with E-state index in [1.54, 1.807) is 6.92 Å². The van der Waals surface area contributed by atoms with Crippen molar-refractivity contribution in [1.29, 1.82) is 0 Å². The molecule has 21 heavy (non-hydrogen) atoms. The number of benzene rings is 1. The molecular formula is C16H17NO4. The second kappa shape index (κ2) is 4.69. The molecule has 3 atom stereocenters. The number of carbonyl (C=O) groups excluding carboxylic acids is 3. The Hall–Kier alpha value is -2.17. The second-order valence-electron chi connectivity index (χ2n) is 5.94. The van der Waals surface area contributed by atoms with E-state index >= 15 is 0 Å². The van der Waals surface area contributed by atoms with Crippen LogP contribution in [-0.4, -0.2) is 28.3 Å². The van der Waals surface area contributed by atoms with Crippen molar-refractivity contribution in [1.82, 2.24) is 4.90 Å². The second-order valence-corrected chi connectivity index (χ2v) is 5.94. The average Bonchev–Trinajstić information content (AvgIpc) is 2.60. The largest absolute Gasteiger partial charge is 0.459 e. The molecular weight excluding hydrogens is 270 g/mol. The van der Waals surface area contributed by atoms with E-state index in [0.717, 1.165) is 5.56 Å². The van der Waals surface area contributed by atoms with Gasteiger partial charge in [0.05, 0.1) is 18.4 Å². The maximum atomic E-state index is 12.5. The van der Waals surface area contributed by atoms with E-state index in [9.17, 15) is 14.4 Å². The van der Waals surface area contributed by atoms with E-state index in [1.807, 2.05) is 30.3 Å². The monoisotopic (exact) mass is 287 g/mol. The van der Waals surface area contributed by atoms with Crippen LogP contribution in [0.4, 0.5) is 0 Å². The van der Waals surface area contributed by atoms with Crippen LogP contribution >= 0.6 is 0 Å². The van der Waals surface area contributed by atoms with Crippen LogP contribution in [0.15, 0.2) is 30.3 Å². The van der Waals surface area contributed by atoms with Gasteiger partial charge in [0, 0.05) is 13.3 Å². The molecule has 0 spiro atoms. The van der Waals surface area contributed by atoms with Gasteiger partial charge in [-0.1, -0.05) is 30.3 Å². The highest BCUT2D eigenvalue weighted by Crippen LogP contribution is 2.52. The quantitative estimate of drug-likeness (QED) is 0.624. The Balaban J connectivity index is 1.79. The minimum atomic E-state index is -0.839. The summed E-state index contributed by atoms with van der Waals surface area (Å²) in [5.74, 6) is -1.68. The Kier molecular flexibility index (Phi) is 3.08. The van der Waals surface area contributed by atoms with Gasteiger partial charge in [-0.3, -0.25) is 19.3 Å². The zero-order valence-corrected chi connectivity index (χ0v) is 12.0. The SMILES string of the molecule is CC(=O)OC1(C)CC2C(=O)N(Cc3ccccc3)C(=O)C21. The van der Waals surface area contributed by atoms with Crippen molar-refractivity contribution < 1.29 is 19.1 Å². The van der Waals surface area contributed by atoms with Crippen molar-refractivity contribution in [3.05, 3.63) is 35.9 Å². The van der Waals surface area contributed by atoms with Crippen molar-refractivity contribution in [2.45, 2.75) is 32.4 Å². The molecule has 0 bridgehead atoms. The van der Waals surface area contributed by atoms with Gasteiger partial charge in [0.1, 0.15) is 5.60 Å². The van der Waals surface area contributed by atoms with Gasteiger partial charge >= 0.3 is 5.97 Å². The first-order chi connectivity index (χ1) is 9.92. The average molecular weight is 287 g/mol. The molecule has 2 aliphatic rings. The molecule has 2 fully saturated rings. The van der Waals surface area contributed by atoms with E-state index in [1.165, 1.54) is 11.8 Å². The molecule has 3 rings (SSSR count). The molecule has 1 aromatic carbocycles. The van der Waals surface area contributed by atoms with E-state index in [4.69, 9.17) is 4.74 Å². The molecule has 5 nitrogen and oxygen atoms in total. The summed E-state index contributed by atoms with van der Waals surface area (Å²) in [4.78, 5) is 37.3. The number of carbonyl (C=O) groups is 3. The van der Waals surface area contributed by atoms with Crippen LogP contribution in [0, 0.1) is 11.8 Å². The van der Waals surface area contributed by atoms with E-state index in [-0.39, 0.29) is 24.3 Å². The predicted molar refractivity (Wildman–Crippen MR) is 73.8 cm³/mol. The fourth-order valence-corrected chi connectivity index (χ4v) is 3.44. The molecule has 0 radical (unpaired) electrons. The molecule has 1 saturated heterocycles. The van der Waals surface area contributed by atoms with Crippen molar-refractivity contribution in [3.8, 4) is 0 Å². The number of hydrogen-bond acceptors (Lipinski definition) is 4. The summed E-state index contributed by atoms with van der Waals surface area (Å²) in [7, 11) is 0. The van der Waals surface area contributed by atoms with Crippen molar-refractivity contribution in [2.75, 3.05) is 0 Å². The number of nitrogens with zero attached hydrogens (tertiary/aromatic N) is 1. The van der Waals surface area contributed by atoms with Crippen LogP contribution in [0.2, 0.25) is 0 Å². The molecule has 3 unspecified atom stereocenters. The standard InChI is InChI=1S/C16H17NO4/c1-10(18)21-16(2)8-12-13(16)15(20)17(14(12)19)9-11-6-4-3-5-7-11/h3-7,12-13H,8-9H2,1-2H3. The Morgan fingerprint density at radius 2 is 1.95 bits per heavy atom. The van der Waals surface area contributed by atoms with Crippen LogP contribution in [0.3, 0.4) is 0 Å². The Bertz CT molecular complexity index is 612. The summed E-state index contributed by atoms with van der Waals surface area (Å²) < 4.78 is 5.27. The smallest absolute Gasteiger partial charge is 0.303 e. The number of ether oxygens (including phenoxy) is 1. The summed E-state index contributed by atoms with van der Waals surface area (Å²) in [5, 5.41) is 0. The zero-order chi connectivity index (χ0) is 15.2. The van der Waals surface area contributed by atoms with Gasteiger partial charge in [-0.25, -0.2) is 0 Å². The molecule has 1 aliphatic carbocycles. The van der Waals surface area contributed by atoms with Gasteiger partial charge in [0.2, 0.25) is 11.8 Å². The molecule has 110 valence electrons. The summed E-state index contributed by atoms with van der Waals surface area (Å²) in [6.45, 7) is 3.33. The number of likely N-dealkylation sites (tertiary alicyclic amines) is 1. The molecule has 0 aromatic heterocycles. The molecule has 2 amide bonds. The predicted octanol–water partition coefficient (Wildman–Crippen LogP) is 1.51. The van der Waals surface area contributed by atoms with Crippen LogP contribution in [0.25, 0.3) is 0 Å². The van der Waals surface area contributed by atoms with Crippen molar-refractivity contribution >= 4 is 17.8 Å². The third-order valence-corrected chi connectivity index (χ3v) is 4.36. The third-order valence-electron chi connectivity index (χ3n) is 4.36. The lowest BCUT2D eigenvalue weighted by Crippen LogP contribution is -2.55. The maximum Gasteiger partial charge on any atom is 0.303 e. The first kappa shape index (κ1) is 13.8. The third kappa shape index (κ3) is 2.13. The minimum Gasteiger partial charge on any atom is -0.459 e.